The summed E-state index contributed by atoms with van der Waals surface area (Å²) in [5.74, 6) is 1.35. The first-order valence-electron chi connectivity index (χ1n) is 6.72. The van der Waals surface area contributed by atoms with Gasteiger partial charge in [-0.05, 0) is 59.2 Å². The lowest BCUT2D eigenvalue weighted by atomic mass is 9.98. The number of benzene rings is 1. The van der Waals surface area contributed by atoms with Gasteiger partial charge >= 0.3 is 0 Å². The van der Waals surface area contributed by atoms with Crippen LogP contribution < -0.4 is 5.32 Å². The number of hydrogen-bond acceptors (Lipinski definition) is 1. The van der Waals surface area contributed by atoms with Gasteiger partial charge in [0.25, 0.3) is 5.91 Å². The van der Waals surface area contributed by atoms with Crippen LogP contribution in [0.2, 0.25) is 0 Å². The van der Waals surface area contributed by atoms with E-state index in [1.807, 2.05) is 25.1 Å². The lowest BCUT2D eigenvalue weighted by molar-refractivity contribution is 0.0944. The average Bonchev–Trinajstić information content (AvgIpc) is 2.86. The van der Waals surface area contributed by atoms with Crippen molar-refractivity contribution in [2.45, 2.75) is 26.2 Å². The Kier molecular flexibility index (Phi) is 5.46. The first-order valence-corrected chi connectivity index (χ1v) is 8.64. The summed E-state index contributed by atoms with van der Waals surface area (Å²) in [5.41, 5.74) is 1.82. The van der Waals surface area contributed by atoms with Crippen molar-refractivity contribution in [3.63, 3.8) is 0 Å². The van der Waals surface area contributed by atoms with Crippen LogP contribution in [-0.2, 0) is 0 Å². The van der Waals surface area contributed by atoms with Crippen LogP contribution in [0.25, 0.3) is 0 Å². The van der Waals surface area contributed by atoms with Crippen molar-refractivity contribution in [2.24, 2.45) is 11.8 Å². The van der Waals surface area contributed by atoms with Crippen molar-refractivity contribution in [1.82, 2.24) is 5.32 Å². The first-order chi connectivity index (χ1) is 9.13. The fraction of sp³-hybridized carbons (Fsp3) is 0.533. The summed E-state index contributed by atoms with van der Waals surface area (Å²) < 4.78 is 0.899. The molecule has 4 heteroatoms. The highest BCUT2D eigenvalue weighted by molar-refractivity contribution is 9.10. The molecule has 1 amide bonds. The molecule has 0 aromatic heterocycles. The fourth-order valence-corrected chi connectivity index (χ4v) is 4.02. The van der Waals surface area contributed by atoms with Crippen molar-refractivity contribution in [3.05, 3.63) is 33.8 Å². The topological polar surface area (TPSA) is 29.1 Å². The molecule has 1 aliphatic carbocycles. The molecule has 1 aromatic carbocycles. The summed E-state index contributed by atoms with van der Waals surface area (Å²) in [6, 6.07) is 5.79. The van der Waals surface area contributed by atoms with E-state index in [0.717, 1.165) is 27.5 Å². The Balaban J connectivity index is 1.96. The summed E-state index contributed by atoms with van der Waals surface area (Å²) >= 11 is 7.06. The maximum absolute atomic E-state index is 12.2. The number of rotatable bonds is 4. The van der Waals surface area contributed by atoms with Gasteiger partial charge in [-0.15, -0.1) is 0 Å². The first kappa shape index (κ1) is 15.0. The van der Waals surface area contributed by atoms with E-state index in [4.69, 9.17) is 0 Å². The second-order valence-electron chi connectivity index (χ2n) is 5.25. The predicted octanol–water partition coefficient (Wildman–Crippen LogP) is 4.30. The molecule has 1 N–H and O–H groups in total. The third-order valence-electron chi connectivity index (χ3n) is 3.98. The number of halogens is 2. The summed E-state index contributed by atoms with van der Waals surface area (Å²) in [7, 11) is 0. The van der Waals surface area contributed by atoms with E-state index in [-0.39, 0.29) is 5.91 Å². The van der Waals surface area contributed by atoms with E-state index >= 15 is 0 Å². The molecule has 1 aliphatic rings. The van der Waals surface area contributed by atoms with Crippen LogP contribution in [-0.4, -0.2) is 17.8 Å². The van der Waals surface area contributed by atoms with E-state index < -0.39 is 0 Å². The largest absolute Gasteiger partial charge is 0.352 e. The highest BCUT2D eigenvalue weighted by atomic mass is 79.9. The van der Waals surface area contributed by atoms with Crippen molar-refractivity contribution in [1.29, 1.82) is 0 Å². The SMILES string of the molecule is Cc1cccc(C(=O)NCC2CCCC2CBr)c1Br. The maximum atomic E-state index is 12.2. The van der Waals surface area contributed by atoms with Crippen LogP contribution >= 0.6 is 31.9 Å². The van der Waals surface area contributed by atoms with Gasteiger partial charge in [-0.3, -0.25) is 4.79 Å². The van der Waals surface area contributed by atoms with Crippen LogP contribution in [0.4, 0.5) is 0 Å². The van der Waals surface area contributed by atoms with Gasteiger partial charge in [0, 0.05) is 16.3 Å². The third-order valence-corrected chi connectivity index (χ3v) is 5.86. The summed E-state index contributed by atoms with van der Waals surface area (Å²) in [6.07, 6.45) is 3.79. The molecular formula is C15H19Br2NO. The summed E-state index contributed by atoms with van der Waals surface area (Å²) in [4.78, 5) is 12.2. The molecule has 0 saturated heterocycles. The van der Waals surface area contributed by atoms with E-state index in [2.05, 4.69) is 37.2 Å². The van der Waals surface area contributed by atoms with Gasteiger partial charge in [-0.25, -0.2) is 0 Å². The van der Waals surface area contributed by atoms with Crippen LogP contribution in [0.5, 0.6) is 0 Å². The molecule has 0 spiro atoms. The minimum Gasteiger partial charge on any atom is -0.352 e. The Hall–Kier alpha value is -0.350. The second kappa shape index (κ2) is 6.89. The molecule has 0 heterocycles. The second-order valence-corrected chi connectivity index (χ2v) is 6.69. The molecule has 19 heavy (non-hydrogen) atoms. The number of carbonyl (C=O) groups excluding carboxylic acids is 1. The number of alkyl halides is 1. The molecule has 0 radical (unpaired) electrons. The molecule has 2 atom stereocenters. The van der Waals surface area contributed by atoms with Crippen molar-refractivity contribution in [2.75, 3.05) is 11.9 Å². The zero-order valence-corrected chi connectivity index (χ0v) is 14.3. The minimum absolute atomic E-state index is 0.0239. The number of hydrogen-bond donors (Lipinski definition) is 1. The van der Waals surface area contributed by atoms with Gasteiger partial charge < -0.3 is 5.32 Å². The lowest BCUT2D eigenvalue weighted by Crippen LogP contribution is -2.31. The minimum atomic E-state index is 0.0239. The molecule has 2 nitrogen and oxygen atoms in total. The molecule has 2 rings (SSSR count). The van der Waals surface area contributed by atoms with Gasteiger partial charge in [0.05, 0.1) is 5.56 Å². The van der Waals surface area contributed by atoms with Gasteiger partial charge in [-0.1, -0.05) is 34.5 Å². The molecule has 1 fully saturated rings. The fourth-order valence-electron chi connectivity index (χ4n) is 2.73. The molecule has 1 aromatic rings. The summed E-state index contributed by atoms with van der Waals surface area (Å²) in [5, 5.41) is 4.13. The molecule has 2 unspecified atom stereocenters. The lowest BCUT2D eigenvalue weighted by Gasteiger charge is -2.18. The van der Waals surface area contributed by atoms with E-state index in [1.54, 1.807) is 0 Å². The Bertz CT molecular complexity index is 461. The average molecular weight is 389 g/mol. The number of carbonyl (C=O) groups is 1. The molecule has 0 aliphatic heterocycles. The quantitative estimate of drug-likeness (QED) is 0.765. The Morgan fingerprint density at radius 3 is 2.84 bits per heavy atom. The summed E-state index contributed by atoms with van der Waals surface area (Å²) in [6.45, 7) is 2.79. The molecule has 1 saturated carbocycles. The number of amides is 1. The van der Waals surface area contributed by atoms with E-state index in [9.17, 15) is 4.79 Å². The van der Waals surface area contributed by atoms with Crippen LogP contribution in [0.1, 0.15) is 35.2 Å². The number of nitrogens with one attached hydrogen (secondary N) is 1. The Morgan fingerprint density at radius 1 is 1.37 bits per heavy atom. The Morgan fingerprint density at radius 2 is 2.11 bits per heavy atom. The zero-order valence-electron chi connectivity index (χ0n) is 11.1. The van der Waals surface area contributed by atoms with Crippen LogP contribution in [0.3, 0.4) is 0 Å². The predicted molar refractivity (Wildman–Crippen MR) is 85.8 cm³/mol. The maximum Gasteiger partial charge on any atom is 0.252 e. The highest BCUT2D eigenvalue weighted by Gasteiger charge is 2.26. The monoisotopic (exact) mass is 387 g/mol. The number of aryl methyl sites for hydroxylation is 1. The van der Waals surface area contributed by atoms with Crippen molar-refractivity contribution >= 4 is 37.8 Å². The van der Waals surface area contributed by atoms with Gasteiger partial charge in [0.15, 0.2) is 0 Å². The van der Waals surface area contributed by atoms with Crippen LogP contribution in [0.15, 0.2) is 22.7 Å². The van der Waals surface area contributed by atoms with Gasteiger partial charge in [-0.2, -0.15) is 0 Å². The van der Waals surface area contributed by atoms with E-state index in [0.29, 0.717) is 11.8 Å². The smallest absolute Gasteiger partial charge is 0.252 e. The normalized spacial score (nSPS) is 22.5. The molecule has 104 valence electrons. The van der Waals surface area contributed by atoms with Gasteiger partial charge in [0.1, 0.15) is 0 Å². The molecular weight excluding hydrogens is 370 g/mol. The standard InChI is InChI=1S/C15H19Br2NO/c1-10-4-2-7-13(14(10)17)15(19)18-9-12-6-3-5-11(12)8-16/h2,4,7,11-12H,3,5-6,8-9H2,1H3,(H,18,19). The molecule has 0 bridgehead atoms. The zero-order chi connectivity index (χ0) is 13.8. The van der Waals surface area contributed by atoms with Crippen LogP contribution in [0, 0.1) is 18.8 Å². The van der Waals surface area contributed by atoms with Crippen molar-refractivity contribution < 1.29 is 4.79 Å². The highest BCUT2D eigenvalue weighted by Crippen LogP contribution is 2.32. The van der Waals surface area contributed by atoms with Crippen molar-refractivity contribution in [3.8, 4) is 0 Å². The third kappa shape index (κ3) is 3.60. The van der Waals surface area contributed by atoms with E-state index in [1.165, 1.54) is 19.3 Å². The Labute approximate surface area is 131 Å². The van der Waals surface area contributed by atoms with Gasteiger partial charge in [0.2, 0.25) is 0 Å².